The van der Waals surface area contributed by atoms with Crippen molar-refractivity contribution in [3.05, 3.63) is 120 Å². The van der Waals surface area contributed by atoms with Crippen molar-refractivity contribution >= 4 is 21.9 Å². The van der Waals surface area contributed by atoms with Crippen LogP contribution in [0.2, 0.25) is 0 Å². The molecule has 0 aliphatic heterocycles. The standard InChI is InChI=1S/C35H37NO7S/c1-5-41-33(37)28-13-9-14-29(23-28)42-30-15-10-16-32(24-30)44(39,40)31-19-17-26(18-20-31)21-22-36(34(38)43-35(2,3)4)25-27-11-7-6-8-12-27/h6-20,23-24H,5,21-22,25H2,1-4H3. The van der Waals surface area contributed by atoms with Gasteiger partial charge in [0.2, 0.25) is 9.84 Å². The molecule has 0 N–H and O–H groups in total. The van der Waals surface area contributed by atoms with E-state index < -0.39 is 27.5 Å². The van der Waals surface area contributed by atoms with Crippen LogP contribution < -0.4 is 4.74 Å². The molecule has 0 unspecified atom stereocenters. The van der Waals surface area contributed by atoms with Gasteiger partial charge in [-0.05, 0) is 93.8 Å². The molecule has 9 heteroatoms. The summed E-state index contributed by atoms with van der Waals surface area (Å²) in [6.45, 7) is 8.26. The average molecular weight is 616 g/mol. The highest BCUT2D eigenvalue weighted by molar-refractivity contribution is 7.91. The Hall–Kier alpha value is -4.63. The number of rotatable bonds is 11. The maximum absolute atomic E-state index is 13.5. The van der Waals surface area contributed by atoms with Crippen LogP contribution in [0.1, 0.15) is 49.2 Å². The summed E-state index contributed by atoms with van der Waals surface area (Å²) >= 11 is 0. The van der Waals surface area contributed by atoms with Gasteiger partial charge < -0.3 is 19.1 Å². The molecule has 0 heterocycles. The summed E-state index contributed by atoms with van der Waals surface area (Å²) in [5, 5.41) is 0. The number of nitrogens with zero attached hydrogens (tertiary/aromatic N) is 1. The molecule has 4 rings (SSSR count). The second-order valence-corrected chi connectivity index (χ2v) is 13.1. The molecule has 44 heavy (non-hydrogen) atoms. The molecule has 4 aromatic carbocycles. The number of esters is 1. The van der Waals surface area contributed by atoms with Gasteiger partial charge in [0, 0.05) is 13.1 Å². The maximum atomic E-state index is 13.5. The van der Waals surface area contributed by atoms with Gasteiger partial charge in [-0.3, -0.25) is 0 Å². The number of benzene rings is 4. The smallest absolute Gasteiger partial charge is 0.410 e. The summed E-state index contributed by atoms with van der Waals surface area (Å²) in [4.78, 5) is 26.9. The van der Waals surface area contributed by atoms with Crippen LogP contribution in [-0.2, 0) is 32.3 Å². The molecule has 0 aliphatic rings. The Morgan fingerprint density at radius 3 is 2.07 bits per heavy atom. The average Bonchev–Trinajstić information content (AvgIpc) is 2.99. The zero-order valence-corrected chi connectivity index (χ0v) is 26.2. The first kappa shape index (κ1) is 32.3. The van der Waals surface area contributed by atoms with Crippen molar-refractivity contribution in [3.63, 3.8) is 0 Å². The van der Waals surface area contributed by atoms with Crippen LogP contribution in [-0.4, -0.2) is 44.1 Å². The predicted octanol–water partition coefficient (Wildman–Crippen LogP) is 7.47. The molecule has 0 spiro atoms. The molecule has 0 radical (unpaired) electrons. The lowest BCUT2D eigenvalue weighted by Gasteiger charge is -2.27. The fraction of sp³-hybridized carbons (Fsp3) is 0.257. The van der Waals surface area contributed by atoms with Crippen molar-refractivity contribution in [2.75, 3.05) is 13.2 Å². The Bertz CT molecular complexity index is 1680. The first-order chi connectivity index (χ1) is 20.9. The molecule has 0 aliphatic carbocycles. The van der Waals surface area contributed by atoms with E-state index in [1.807, 2.05) is 51.1 Å². The fourth-order valence-electron chi connectivity index (χ4n) is 4.34. The SMILES string of the molecule is CCOC(=O)c1cccc(Oc2cccc(S(=O)(=O)c3ccc(CCN(Cc4ccccc4)C(=O)OC(C)(C)C)cc3)c2)c1. The molecule has 0 saturated carbocycles. The number of amides is 1. The van der Waals surface area contributed by atoms with Crippen LogP contribution in [0.5, 0.6) is 11.5 Å². The van der Waals surface area contributed by atoms with Crippen LogP contribution in [0.4, 0.5) is 4.79 Å². The third-order valence-corrected chi connectivity index (χ3v) is 8.24. The van der Waals surface area contributed by atoms with Crippen LogP contribution >= 0.6 is 0 Å². The van der Waals surface area contributed by atoms with Crippen molar-refractivity contribution in [2.24, 2.45) is 0 Å². The normalized spacial score (nSPS) is 11.5. The number of ether oxygens (including phenoxy) is 3. The quantitative estimate of drug-likeness (QED) is 0.161. The third-order valence-electron chi connectivity index (χ3n) is 6.47. The van der Waals surface area contributed by atoms with E-state index in [2.05, 4.69) is 0 Å². The Balaban J connectivity index is 1.46. The van der Waals surface area contributed by atoms with Crippen LogP contribution in [0, 0.1) is 0 Å². The van der Waals surface area contributed by atoms with Gasteiger partial charge in [-0.2, -0.15) is 0 Å². The highest BCUT2D eigenvalue weighted by Gasteiger charge is 2.23. The van der Waals surface area contributed by atoms with Gasteiger partial charge in [-0.25, -0.2) is 18.0 Å². The van der Waals surface area contributed by atoms with E-state index >= 15 is 0 Å². The molecule has 230 valence electrons. The second kappa shape index (κ2) is 14.2. The molecule has 0 aromatic heterocycles. The van der Waals surface area contributed by atoms with Gasteiger partial charge >= 0.3 is 12.1 Å². The monoisotopic (exact) mass is 615 g/mol. The van der Waals surface area contributed by atoms with Gasteiger partial charge in [-0.15, -0.1) is 0 Å². The Morgan fingerprint density at radius 2 is 1.41 bits per heavy atom. The number of carbonyl (C=O) groups excluding carboxylic acids is 2. The van der Waals surface area contributed by atoms with E-state index in [9.17, 15) is 18.0 Å². The predicted molar refractivity (Wildman–Crippen MR) is 168 cm³/mol. The fourth-order valence-corrected chi connectivity index (χ4v) is 5.64. The minimum absolute atomic E-state index is 0.0725. The zero-order valence-electron chi connectivity index (χ0n) is 25.4. The van der Waals surface area contributed by atoms with E-state index in [-0.39, 0.29) is 16.4 Å². The van der Waals surface area contributed by atoms with Crippen LogP contribution in [0.15, 0.2) is 113 Å². The van der Waals surface area contributed by atoms with Gasteiger partial charge in [-0.1, -0.05) is 54.6 Å². The van der Waals surface area contributed by atoms with Gasteiger partial charge in [0.1, 0.15) is 17.1 Å². The lowest BCUT2D eigenvalue weighted by molar-refractivity contribution is 0.0235. The van der Waals surface area contributed by atoms with E-state index in [1.54, 1.807) is 72.5 Å². The Labute approximate surface area is 259 Å². The minimum Gasteiger partial charge on any atom is -0.462 e. The zero-order chi connectivity index (χ0) is 31.7. The molecule has 0 atom stereocenters. The molecule has 8 nitrogen and oxygen atoms in total. The van der Waals surface area contributed by atoms with Crippen molar-refractivity contribution in [1.29, 1.82) is 0 Å². The molecule has 1 amide bonds. The third kappa shape index (κ3) is 8.94. The number of sulfone groups is 1. The van der Waals surface area contributed by atoms with E-state index in [0.29, 0.717) is 36.6 Å². The molecule has 0 bridgehead atoms. The van der Waals surface area contributed by atoms with Crippen LogP contribution in [0.3, 0.4) is 0 Å². The maximum Gasteiger partial charge on any atom is 0.410 e. The van der Waals surface area contributed by atoms with E-state index in [4.69, 9.17) is 14.2 Å². The number of hydrogen-bond donors (Lipinski definition) is 0. The van der Waals surface area contributed by atoms with E-state index in [0.717, 1.165) is 11.1 Å². The highest BCUT2D eigenvalue weighted by Crippen LogP contribution is 2.28. The Kier molecular flexibility index (Phi) is 10.4. The topological polar surface area (TPSA) is 99.2 Å². The first-order valence-electron chi connectivity index (χ1n) is 14.4. The van der Waals surface area contributed by atoms with Crippen molar-refractivity contribution in [1.82, 2.24) is 4.90 Å². The molecular weight excluding hydrogens is 578 g/mol. The summed E-state index contributed by atoms with van der Waals surface area (Å²) in [5.74, 6) is 0.220. The number of carbonyl (C=O) groups is 2. The largest absolute Gasteiger partial charge is 0.462 e. The van der Waals surface area contributed by atoms with Crippen molar-refractivity contribution in [3.8, 4) is 11.5 Å². The summed E-state index contributed by atoms with van der Waals surface area (Å²) in [5.41, 5.74) is 1.57. The molecular formula is C35H37NO7S. The minimum atomic E-state index is -3.84. The number of hydrogen-bond acceptors (Lipinski definition) is 7. The van der Waals surface area contributed by atoms with Crippen molar-refractivity contribution < 1.29 is 32.2 Å². The highest BCUT2D eigenvalue weighted by atomic mass is 32.2. The lowest BCUT2D eigenvalue weighted by atomic mass is 10.1. The lowest BCUT2D eigenvalue weighted by Crippen LogP contribution is -2.37. The van der Waals surface area contributed by atoms with Crippen LogP contribution in [0.25, 0.3) is 0 Å². The summed E-state index contributed by atoms with van der Waals surface area (Å²) in [6, 6.07) is 29.0. The second-order valence-electron chi connectivity index (χ2n) is 11.1. The first-order valence-corrected chi connectivity index (χ1v) is 15.8. The van der Waals surface area contributed by atoms with Gasteiger partial charge in [0.15, 0.2) is 0 Å². The van der Waals surface area contributed by atoms with E-state index in [1.165, 1.54) is 12.1 Å². The summed E-state index contributed by atoms with van der Waals surface area (Å²) < 4.78 is 43.5. The molecule has 0 saturated heterocycles. The molecule has 0 fully saturated rings. The Morgan fingerprint density at radius 1 is 0.750 bits per heavy atom. The summed E-state index contributed by atoms with van der Waals surface area (Å²) in [7, 11) is -3.84. The van der Waals surface area contributed by atoms with Crippen molar-refractivity contribution in [2.45, 2.75) is 56.1 Å². The van der Waals surface area contributed by atoms with Gasteiger partial charge in [0.05, 0.1) is 22.0 Å². The summed E-state index contributed by atoms with van der Waals surface area (Å²) in [6.07, 6.45) is 0.107. The van der Waals surface area contributed by atoms with Gasteiger partial charge in [0.25, 0.3) is 0 Å². The molecule has 4 aromatic rings.